The number of primary amides is 1. The summed E-state index contributed by atoms with van der Waals surface area (Å²) in [7, 11) is 0. The van der Waals surface area contributed by atoms with Crippen LogP contribution in [0.3, 0.4) is 0 Å². The smallest absolute Gasteiger partial charge is 0.204 e. The molecular formula is C28H31N7O. The minimum absolute atomic E-state index is 0.0167. The fourth-order valence-electron chi connectivity index (χ4n) is 3.39. The SMILES string of the molecule is C/C=C(\C=C(/CN)C(=N)N)c1ccc(CNc2ncc(C#N)cc2-c2ccc(C)cc2)cc1.NC=O. The van der Waals surface area contributed by atoms with E-state index in [1.165, 1.54) is 5.56 Å². The zero-order chi connectivity index (χ0) is 26.5. The Labute approximate surface area is 211 Å². The molecule has 0 fully saturated rings. The molecule has 3 aromatic rings. The van der Waals surface area contributed by atoms with Gasteiger partial charge in [-0.3, -0.25) is 10.2 Å². The van der Waals surface area contributed by atoms with E-state index in [9.17, 15) is 5.26 Å². The highest BCUT2D eigenvalue weighted by Gasteiger charge is 2.09. The van der Waals surface area contributed by atoms with Crippen LogP contribution in [-0.4, -0.2) is 23.8 Å². The van der Waals surface area contributed by atoms with E-state index in [2.05, 4.69) is 22.1 Å². The molecule has 8 heteroatoms. The maximum absolute atomic E-state index is 9.30. The molecule has 0 aliphatic carbocycles. The van der Waals surface area contributed by atoms with Gasteiger partial charge in [-0.2, -0.15) is 5.26 Å². The molecule has 8 nitrogen and oxygen atoms in total. The second-order valence-electron chi connectivity index (χ2n) is 7.82. The summed E-state index contributed by atoms with van der Waals surface area (Å²) in [4.78, 5) is 13.1. The number of nitrogens with one attached hydrogen (secondary N) is 2. The molecule has 0 saturated carbocycles. The molecule has 0 saturated heterocycles. The van der Waals surface area contributed by atoms with Crippen molar-refractivity contribution in [3.63, 3.8) is 0 Å². The quantitative estimate of drug-likeness (QED) is 0.142. The van der Waals surface area contributed by atoms with E-state index < -0.39 is 0 Å². The van der Waals surface area contributed by atoms with Crippen molar-refractivity contribution >= 4 is 23.6 Å². The maximum Gasteiger partial charge on any atom is 0.204 e. The number of carbonyl (C=O) groups is 1. The third-order valence-corrected chi connectivity index (χ3v) is 5.33. The van der Waals surface area contributed by atoms with Crippen LogP contribution in [0.15, 0.2) is 78.5 Å². The van der Waals surface area contributed by atoms with E-state index in [1.807, 2.05) is 80.6 Å². The molecule has 0 aliphatic rings. The van der Waals surface area contributed by atoms with Crippen molar-refractivity contribution in [3.8, 4) is 17.2 Å². The van der Waals surface area contributed by atoms with Crippen LogP contribution in [0.25, 0.3) is 16.7 Å². The van der Waals surface area contributed by atoms with Gasteiger partial charge in [0.1, 0.15) is 17.7 Å². The van der Waals surface area contributed by atoms with Crippen molar-refractivity contribution in [2.45, 2.75) is 20.4 Å². The van der Waals surface area contributed by atoms with Gasteiger partial charge in [0.2, 0.25) is 6.41 Å². The van der Waals surface area contributed by atoms with Gasteiger partial charge in [-0.1, -0.05) is 60.2 Å². The molecule has 3 rings (SSSR count). The Morgan fingerprint density at radius 3 is 2.33 bits per heavy atom. The lowest BCUT2D eigenvalue weighted by Crippen LogP contribution is -2.19. The van der Waals surface area contributed by atoms with Gasteiger partial charge < -0.3 is 22.5 Å². The van der Waals surface area contributed by atoms with Crippen LogP contribution in [0.4, 0.5) is 5.82 Å². The molecular weight excluding hydrogens is 450 g/mol. The first-order valence-corrected chi connectivity index (χ1v) is 11.2. The number of amides is 1. The summed E-state index contributed by atoms with van der Waals surface area (Å²) in [5.41, 5.74) is 22.7. The van der Waals surface area contributed by atoms with Crippen LogP contribution >= 0.6 is 0 Å². The standard InChI is InChI=1S/C27H28N6.CH3NO/c1-3-21(13-24(15-29)26(30)31)22-10-6-19(7-11-22)16-32-27-25(12-20(14-28)17-33-27)23-8-4-18(2)5-9-23;2-1-3/h3-13,17H,15-16,29H2,1-2H3,(H3,30,31)(H,32,33);1H,(H2,2,3)/b21-3+,24-13+;. The highest BCUT2D eigenvalue weighted by Crippen LogP contribution is 2.28. The summed E-state index contributed by atoms with van der Waals surface area (Å²) >= 11 is 0. The first-order chi connectivity index (χ1) is 17.4. The zero-order valence-electron chi connectivity index (χ0n) is 20.5. The summed E-state index contributed by atoms with van der Waals surface area (Å²) in [5, 5.41) is 20.3. The lowest BCUT2D eigenvalue weighted by Gasteiger charge is -2.13. The van der Waals surface area contributed by atoms with E-state index in [0.717, 1.165) is 33.6 Å². The molecule has 8 N–H and O–H groups in total. The Morgan fingerprint density at radius 2 is 1.81 bits per heavy atom. The monoisotopic (exact) mass is 481 g/mol. The van der Waals surface area contributed by atoms with Gasteiger partial charge in [-0.15, -0.1) is 0 Å². The van der Waals surface area contributed by atoms with Gasteiger partial charge in [-0.05, 0) is 48.3 Å². The lowest BCUT2D eigenvalue weighted by atomic mass is 10.0. The Bertz CT molecular complexity index is 1280. The van der Waals surface area contributed by atoms with Crippen LogP contribution in [0.2, 0.25) is 0 Å². The first-order valence-electron chi connectivity index (χ1n) is 11.2. The molecule has 184 valence electrons. The number of aryl methyl sites for hydroxylation is 1. The summed E-state index contributed by atoms with van der Waals surface area (Å²) < 4.78 is 0. The number of amidine groups is 1. The number of hydrogen-bond acceptors (Lipinski definition) is 6. The van der Waals surface area contributed by atoms with Crippen molar-refractivity contribution in [2.24, 2.45) is 17.2 Å². The molecule has 36 heavy (non-hydrogen) atoms. The number of allylic oxidation sites excluding steroid dienone is 3. The Hall–Kier alpha value is -4.74. The number of rotatable bonds is 8. The number of benzene rings is 2. The number of pyridine rings is 1. The normalized spacial score (nSPS) is 11.1. The molecule has 0 atom stereocenters. The fraction of sp³-hybridized carbons (Fsp3) is 0.143. The fourth-order valence-corrected chi connectivity index (χ4v) is 3.39. The van der Waals surface area contributed by atoms with Crippen LogP contribution < -0.4 is 22.5 Å². The number of carbonyl (C=O) groups excluding carboxylic acids is 1. The molecule has 0 aliphatic heterocycles. The van der Waals surface area contributed by atoms with Gasteiger partial charge in [0.25, 0.3) is 0 Å². The Morgan fingerprint density at radius 1 is 1.17 bits per heavy atom. The van der Waals surface area contributed by atoms with E-state index in [1.54, 1.807) is 6.20 Å². The van der Waals surface area contributed by atoms with Gasteiger partial charge in [0.15, 0.2) is 0 Å². The van der Waals surface area contributed by atoms with E-state index in [0.29, 0.717) is 17.7 Å². The second-order valence-corrected chi connectivity index (χ2v) is 7.82. The maximum atomic E-state index is 9.30. The summed E-state index contributed by atoms with van der Waals surface area (Å²) in [6.45, 7) is 4.79. The number of anilines is 1. The Balaban J connectivity index is 0.00000145. The number of aromatic nitrogens is 1. The predicted octanol–water partition coefficient (Wildman–Crippen LogP) is 3.87. The third kappa shape index (κ3) is 7.65. The molecule has 0 spiro atoms. The third-order valence-electron chi connectivity index (χ3n) is 5.33. The van der Waals surface area contributed by atoms with Crippen molar-refractivity contribution in [2.75, 3.05) is 11.9 Å². The minimum Gasteiger partial charge on any atom is -0.384 e. The molecule has 1 amide bonds. The summed E-state index contributed by atoms with van der Waals surface area (Å²) in [6.07, 6.45) is 5.66. The second kappa shape index (κ2) is 13.8. The van der Waals surface area contributed by atoms with Gasteiger partial charge in [-0.25, -0.2) is 4.98 Å². The van der Waals surface area contributed by atoms with Crippen molar-refractivity contribution in [1.82, 2.24) is 4.98 Å². The van der Waals surface area contributed by atoms with Crippen molar-refractivity contribution in [3.05, 3.63) is 101 Å². The molecule has 2 aromatic carbocycles. The topological polar surface area (TPSA) is 168 Å². The highest BCUT2D eigenvalue weighted by molar-refractivity contribution is 5.97. The van der Waals surface area contributed by atoms with E-state index >= 15 is 0 Å². The summed E-state index contributed by atoms with van der Waals surface area (Å²) in [6, 6.07) is 20.4. The zero-order valence-corrected chi connectivity index (χ0v) is 20.5. The van der Waals surface area contributed by atoms with Crippen LogP contribution in [0, 0.1) is 23.7 Å². The van der Waals surface area contributed by atoms with Crippen LogP contribution in [0.1, 0.15) is 29.2 Å². The van der Waals surface area contributed by atoms with Gasteiger partial charge >= 0.3 is 0 Å². The molecule has 1 heterocycles. The van der Waals surface area contributed by atoms with Crippen LogP contribution in [0.5, 0.6) is 0 Å². The molecule has 0 radical (unpaired) electrons. The molecule has 1 aromatic heterocycles. The molecule has 0 bridgehead atoms. The number of nitrogens with zero attached hydrogens (tertiary/aromatic N) is 2. The van der Waals surface area contributed by atoms with Crippen LogP contribution in [-0.2, 0) is 11.3 Å². The average Bonchev–Trinajstić information content (AvgIpc) is 2.89. The molecule has 0 unspecified atom stereocenters. The van der Waals surface area contributed by atoms with E-state index in [-0.39, 0.29) is 18.8 Å². The summed E-state index contributed by atoms with van der Waals surface area (Å²) in [5.74, 6) is 0.713. The largest absolute Gasteiger partial charge is 0.384 e. The highest BCUT2D eigenvalue weighted by atomic mass is 16.1. The number of nitriles is 1. The van der Waals surface area contributed by atoms with Crippen molar-refractivity contribution < 1.29 is 4.79 Å². The minimum atomic E-state index is -0.0167. The number of nitrogens with two attached hydrogens (primary N) is 3. The number of hydrogen-bond donors (Lipinski definition) is 5. The lowest BCUT2D eigenvalue weighted by molar-refractivity contribution is -0.106. The first kappa shape index (κ1) is 27.5. The predicted molar refractivity (Wildman–Crippen MR) is 146 cm³/mol. The Kier molecular flexibility index (Phi) is 10.6. The van der Waals surface area contributed by atoms with Gasteiger partial charge in [0.05, 0.1) is 5.56 Å². The van der Waals surface area contributed by atoms with Gasteiger partial charge in [0, 0.05) is 30.4 Å². The average molecular weight is 482 g/mol. The van der Waals surface area contributed by atoms with E-state index in [4.69, 9.17) is 21.7 Å². The van der Waals surface area contributed by atoms with Crippen molar-refractivity contribution in [1.29, 1.82) is 10.7 Å².